The van der Waals surface area contributed by atoms with Crippen LogP contribution >= 0.6 is 8.17 Å². The highest BCUT2D eigenvalue weighted by atomic mass is 31.1. The first-order valence-corrected chi connectivity index (χ1v) is 14.8. The second-order valence-corrected chi connectivity index (χ2v) is 10.1. The van der Waals surface area contributed by atoms with Gasteiger partial charge in [0.2, 0.25) is 11.5 Å². The van der Waals surface area contributed by atoms with Crippen LogP contribution < -0.4 is 25.4 Å². The van der Waals surface area contributed by atoms with E-state index in [2.05, 4.69) is 14.8 Å². The number of benzene rings is 1. The zero-order valence-electron chi connectivity index (χ0n) is 24.7. The van der Waals surface area contributed by atoms with Crippen molar-refractivity contribution in [3.05, 3.63) is 67.8 Å². The maximum atomic E-state index is 12.7. The summed E-state index contributed by atoms with van der Waals surface area (Å²) in [4.78, 5) is 78.8. The summed E-state index contributed by atoms with van der Waals surface area (Å²) < 4.78 is 37.9. The Hall–Kier alpha value is -4.76. The smallest absolute Gasteiger partial charge is 0.395 e. The monoisotopic (exact) mass is 650 g/mol. The summed E-state index contributed by atoms with van der Waals surface area (Å²) in [7, 11) is -2.79. The molecule has 1 aliphatic heterocycles. The lowest BCUT2D eigenvalue weighted by atomic mass is 10.0. The number of azide groups is 1. The van der Waals surface area contributed by atoms with E-state index < -0.39 is 74.1 Å². The van der Waals surface area contributed by atoms with Crippen LogP contribution in [0.3, 0.4) is 0 Å². The molecule has 1 aromatic carbocycles. The van der Waals surface area contributed by atoms with Gasteiger partial charge < -0.3 is 28.6 Å². The fourth-order valence-corrected chi connectivity index (χ4v) is 4.76. The number of ether oxygens (including phenoxy) is 5. The van der Waals surface area contributed by atoms with E-state index in [1.807, 2.05) is 4.98 Å². The average Bonchev–Trinajstić information content (AvgIpc) is 3.28. The molecular weight excluding hydrogens is 619 g/mol. The molecule has 3 rings (SSSR count). The van der Waals surface area contributed by atoms with Crippen molar-refractivity contribution in [2.24, 2.45) is 9.86 Å². The first kappa shape index (κ1) is 34.7. The van der Waals surface area contributed by atoms with Gasteiger partial charge in [-0.15, -0.1) is 0 Å². The zero-order valence-corrected chi connectivity index (χ0v) is 25.6. The van der Waals surface area contributed by atoms with Crippen LogP contribution in [0.5, 0.6) is 11.5 Å². The Morgan fingerprint density at radius 3 is 2.42 bits per heavy atom. The molecule has 0 amide bonds. The number of aromatic nitrogens is 2. The molecule has 0 bridgehead atoms. The number of nitrogens with zero attached hydrogens (tertiary/aromatic N) is 5. The summed E-state index contributed by atoms with van der Waals surface area (Å²) in [5.74, 6) is -2.44. The molecule has 6 atom stereocenters. The molecule has 1 unspecified atom stereocenters. The van der Waals surface area contributed by atoms with Gasteiger partial charge in [-0.25, -0.2) is 9.59 Å². The van der Waals surface area contributed by atoms with Crippen molar-refractivity contribution < 1.29 is 47.5 Å². The summed E-state index contributed by atoms with van der Waals surface area (Å²) in [5, 5.41) is 3.72. The molecule has 45 heavy (non-hydrogen) atoms. The molecule has 0 saturated carbocycles. The number of rotatable bonds is 14. The normalized spacial score (nSPS) is 21.6. The maximum Gasteiger partial charge on any atom is 0.395 e. The van der Waals surface area contributed by atoms with Crippen LogP contribution in [0.1, 0.15) is 46.8 Å². The highest BCUT2D eigenvalue weighted by Crippen LogP contribution is 2.43. The van der Waals surface area contributed by atoms with Crippen LogP contribution in [0.25, 0.3) is 10.4 Å². The molecule has 1 aromatic heterocycles. The van der Waals surface area contributed by atoms with Gasteiger partial charge in [-0.05, 0) is 31.5 Å². The number of esters is 3. The van der Waals surface area contributed by atoms with Crippen molar-refractivity contribution in [2.75, 3.05) is 13.2 Å². The topological polar surface area (TPSA) is 246 Å². The molecule has 242 valence electrons. The molecule has 19 heteroatoms. The maximum absolute atomic E-state index is 12.7. The number of para-hydroxylation sites is 2. The third kappa shape index (κ3) is 8.67. The molecule has 1 aliphatic rings. The van der Waals surface area contributed by atoms with Gasteiger partial charge in [0.05, 0.1) is 6.61 Å². The van der Waals surface area contributed by atoms with Crippen LogP contribution in [0.15, 0.2) is 56.0 Å². The van der Waals surface area contributed by atoms with Crippen molar-refractivity contribution in [1.29, 1.82) is 0 Å². The lowest BCUT2D eigenvalue weighted by Crippen LogP contribution is -2.49. The molecule has 0 spiro atoms. The third-order valence-electron chi connectivity index (χ3n) is 6.15. The van der Waals surface area contributed by atoms with Gasteiger partial charge in [-0.1, -0.05) is 35.8 Å². The predicted octanol–water partition coefficient (Wildman–Crippen LogP) is 1.98. The summed E-state index contributed by atoms with van der Waals surface area (Å²) in [6, 6.07) is 5.76. The average molecular weight is 651 g/mol. The Morgan fingerprint density at radius 1 is 1.13 bits per heavy atom. The molecule has 2 aromatic rings. The van der Waals surface area contributed by atoms with E-state index >= 15 is 0 Å². The highest BCUT2D eigenvalue weighted by molar-refractivity contribution is 7.34. The number of hydrogen-bond acceptors (Lipinski definition) is 14. The van der Waals surface area contributed by atoms with Crippen molar-refractivity contribution in [3.63, 3.8) is 0 Å². The quantitative estimate of drug-likeness (QED) is 0.0770. The van der Waals surface area contributed by atoms with Gasteiger partial charge in [0, 0.05) is 30.0 Å². The molecular formula is C26H31N6O12P. The molecule has 0 aliphatic carbocycles. The number of hydrogen-bond donors (Lipinski definition) is 1. The minimum absolute atomic E-state index is 0.0664. The molecule has 0 radical (unpaired) electrons. The first-order chi connectivity index (χ1) is 21.5. The Morgan fingerprint density at radius 2 is 1.80 bits per heavy atom. The van der Waals surface area contributed by atoms with E-state index in [4.69, 9.17) is 28.2 Å². The van der Waals surface area contributed by atoms with E-state index in [1.165, 1.54) is 45.0 Å². The standard InChI is InChI=1S/C26H31N6O12P/c1-5-19(34)41-21-22(42-20(35)6-2)26(30-31-27,43-23(21)32-13-12-18(33)28-25(32)37)14-40-16-10-8-9-11-17(16)44-45(38)29-15(4)24(36)39-7-3/h8-13,15,21-23H,5-7,14H2,1-4H3,(H,28,33,37)/t15-,21+,22-,23+,26+/m0/s1. The minimum atomic E-state index is -2.79. The van der Waals surface area contributed by atoms with Crippen molar-refractivity contribution in [1.82, 2.24) is 9.55 Å². The van der Waals surface area contributed by atoms with Crippen LogP contribution in [-0.2, 0) is 33.3 Å². The molecule has 1 N–H and O–H groups in total. The minimum Gasteiger partial charge on any atom is -0.575 e. The molecule has 18 nitrogen and oxygen atoms in total. The van der Waals surface area contributed by atoms with Gasteiger partial charge in [0.15, 0.2) is 30.2 Å². The fraction of sp³-hybridized carbons (Fsp3) is 0.500. The summed E-state index contributed by atoms with van der Waals surface area (Å²) >= 11 is 0. The largest absolute Gasteiger partial charge is 0.575 e. The highest BCUT2D eigenvalue weighted by Gasteiger charge is 2.61. The van der Waals surface area contributed by atoms with Crippen LogP contribution in [0.4, 0.5) is 0 Å². The Bertz CT molecular complexity index is 1590. The Kier molecular flexibility index (Phi) is 12.2. The van der Waals surface area contributed by atoms with Crippen molar-refractivity contribution >= 4 is 26.1 Å². The lowest BCUT2D eigenvalue weighted by Gasteiger charge is -2.30. The second-order valence-electron chi connectivity index (χ2n) is 9.24. The van der Waals surface area contributed by atoms with Gasteiger partial charge in [-0.3, -0.25) is 28.5 Å². The van der Waals surface area contributed by atoms with Crippen molar-refractivity contribution in [3.8, 4) is 11.5 Å². The Labute approximate surface area is 256 Å². The number of carbonyl (C=O) groups excluding carboxylic acids is 3. The van der Waals surface area contributed by atoms with E-state index in [0.717, 1.165) is 16.8 Å². The Balaban J connectivity index is 2.04. The third-order valence-corrected chi connectivity index (χ3v) is 7.03. The lowest BCUT2D eigenvalue weighted by molar-refractivity contribution is -0.172. The van der Waals surface area contributed by atoms with E-state index in [-0.39, 0.29) is 30.9 Å². The van der Waals surface area contributed by atoms with Gasteiger partial charge >= 0.3 is 31.8 Å². The SMILES string of the molecule is CCOC(=O)[C@H](C)/N=[P+](\[O-])Oc1ccccc1OC[C@@]1(N=[N+]=[N-])O[C@@H](n2ccc(=O)[nH]c2=O)[C@H](OC(=O)CC)[C@@H]1OC(=O)CC. The zero-order chi connectivity index (χ0) is 33.1. The number of carbonyl (C=O) groups is 3. The number of aromatic amines is 1. The number of H-pyrrole nitrogens is 1. The fourth-order valence-electron chi connectivity index (χ4n) is 4.02. The predicted molar refractivity (Wildman–Crippen MR) is 152 cm³/mol. The van der Waals surface area contributed by atoms with E-state index in [9.17, 15) is 34.4 Å². The van der Waals surface area contributed by atoms with E-state index in [1.54, 1.807) is 6.92 Å². The number of nitrogens with one attached hydrogen (secondary N) is 1. The van der Waals surface area contributed by atoms with Gasteiger partial charge in [0.25, 0.3) is 5.56 Å². The van der Waals surface area contributed by atoms with Crippen LogP contribution in [0, 0.1) is 0 Å². The van der Waals surface area contributed by atoms with Gasteiger partial charge in [0.1, 0.15) is 6.61 Å². The van der Waals surface area contributed by atoms with Crippen LogP contribution in [-0.4, -0.2) is 64.6 Å². The van der Waals surface area contributed by atoms with Gasteiger partial charge in [-0.2, -0.15) is 0 Å². The molecule has 1 fully saturated rings. The van der Waals surface area contributed by atoms with Crippen LogP contribution in [0.2, 0.25) is 0 Å². The van der Waals surface area contributed by atoms with E-state index in [0.29, 0.717) is 0 Å². The van der Waals surface area contributed by atoms with Crippen molar-refractivity contribution in [2.45, 2.75) is 70.7 Å². The second kappa shape index (κ2) is 15.8. The summed E-state index contributed by atoms with van der Waals surface area (Å²) in [6.07, 6.45) is -3.99. The summed E-state index contributed by atoms with van der Waals surface area (Å²) in [5.41, 5.74) is 5.58. The molecule has 1 saturated heterocycles. The summed E-state index contributed by atoms with van der Waals surface area (Å²) in [6.45, 7) is 5.35. The first-order valence-electron chi connectivity index (χ1n) is 13.7. The molecule has 2 heterocycles.